The summed E-state index contributed by atoms with van der Waals surface area (Å²) in [6.45, 7) is 2.27. The number of hydrogen-bond acceptors (Lipinski definition) is 5. The Hall–Kier alpha value is -2.21. The van der Waals surface area contributed by atoms with Crippen molar-refractivity contribution in [2.75, 3.05) is 25.0 Å². The maximum atomic E-state index is 14.0. The molecule has 0 bridgehead atoms. The van der Waals surface area contributed by atoms with E-state index in [9.17, 15) is 4.39 Å². The summed E-state index contributed by atoms with van der Waals surface area (Å²) in [6, 6.07) is 10.1. The molecule has 1 saturated heterocycles. The van der Waals surface area contributed by atoms with E-state index in [1.165, 1.54) is 6.20 Å². The van der Waals surface area contributed by atoms with Crippen molar-refractivity contribution in [1.82, 2.24) is 15.3 Å². The summed E-state index contributed by atoms with van der Waals surface area (Å²) in [4.78, 5) is 9.91. The highest BCUT2D eigenvalue weighted by Crippen LogP contribution is 2.20. The van der Waals surface area contributed by atoms with Gasteiger partial charge in [-0.25, -0.2) is 9.37 Å². The number of halogens is 1. The van der Waals surface area contributed by atoms with E-state index in [2.05, 4.69) is 15.3 Å². The van der Waals surface area contributed by atoms with Crippen LogP contribution in [0.1, 0.15) is 12.0 Å². The first kappa shape index (κ1) is 14.7. The maximum Gasteiger partial charge on any atom is 0.318 e. The van der Waals surface area contributed by atoms with Crippen LogP contribution in [0.15, 0.2) is 36.5 Å². The Bertz CT molecular complexity index is 617. The predicted octanol–water partition coefficient (Wildman–Crippen LogP) is 1.99. The van der Waals surface area contributed by atoms with Gasteiger partial charge in [-0.05, 0) is 18.5 Å². The van der Waals surface area contributed by atoms with Crippen molar-refractivity contribution in [3.8, 4) is 6.01 Å². The summed E-state index contributed by atoms with van der Waals surface area (Å²) < 4.78 is 19.7. The number of hydrogen-bond donors (Lipinski definition) is 1. The molecule has 1 aromatic heterocycles. The van der Waals surface area contributed by atoms with Gasteiger partial charge in [0.05, 0.1) is 6.20 Å². The molecule has 1 unspecified atom stereocenters. The van der Waals surface area contributed by atoms with Crippen LogP contribution in [-0.2, 0) is 6.54 Å². The minimum atomic E-state index is -0.449. The molecule has 6 heteroatoms. The molecule has 2 heterocycles. The highest BCUT2D eigenvalue weighted by molar-refractivity contribution is 5.40. The van der Waals surface area contributed by atoms with E-state index in [1.807, 2.05) is 30.3 Å². The molecule has 0 radical (unpaired) electrons. The number of nitrogens with zero attached hydrogens (tertiary/aromatic N) is 3. The molecule has 3 rings (SSSR count). The fraction of sp³-hybridized carbons (Fsp3) is 0.375. The van der Waals surface area contributed by atoms with Crippen molar-refractivity contribution >= 4 is 5.82 Å². The number of ether oxygens (including phenoxy) is 1. The van der Waals surface area contributed by atoms with Gasteiger partial charge in [0.25, 0.3) is 0 Å². The Balaban J connectivity index is 1.73. The summed E-state index contributed by atoms with van der Waals surface area (Å²) in [5, 5.41) is 3.21. The van der Waals surface area contributed by atoms with Gasteiger partial charge in [-0.1, -0.05) is 30.3 Å². The highest BCUT2D eigenvalue weighted by atomic mass is 19.1. The van der Waals surface area contributed by atoms with Crippen molar-refractivity contribution in [3.63, 3.8) is 0 Å². The normalized spacial score (nSPS) is 17.5. The minimum absolute atomic E-state index is 0.0535. The Labute approximate surface area is 129 Å². The summed E-state index contributed by atoms with van der Waals surface area (Å²) >= 11 is 0. The Morgan fingerprint density at radius 1 is 1.36 bits per heavy atom. The lowest BCUT2D eigenvalue weighted by Crippen LogP contribution is -2.23. The zero-order chi connectivity index (χ0) is 15.4. The van der Waals surface area contributed by atoms with Gasteiger partial charge in [0.1, 0.15) is 6.10 Å². The molecule has 0 spiro atoms. The standard InChI is InChI=1S/C16H19FN4O/c1-21(11-12-5-3-2-4-6-12)15-14(17)10-19-16(20-15)22-13-7-8-18-9-13/h2-6,10,13,18H,7-9,11H2,1H3. The van der Waals surface area contributed by atoms with E-state index >= 15 is 0 Å². The molecular formula is C16H19FN4O. The molecule has 5 nitrogen and oxygen atoms in total. The zero-order valence-electron chi connectivity index (χ0n) is 12.5. The molecule has 0 aliphatic carbocycles. The van der Waals surface area contributed by atoms with Crippen LogP contribution in [0.4, 0.5) is 10.2 Å². The van der Waals surface area contributed by atoms with Crippen LogP contribution < -0.4 is 15.0 Å². The first-order valence-corrected chi connectivity index (χ1v) is 7.37. The van der Waals surface area contributed by atoms with Gasteiger partial charge in [-0.2, -0.15) is 4.98 Å². The van der Waals surface area contributed by atoms with Crippen LogP contribution in [0.25, 0.3) is 0 Å². The van der Waals surface area contributed by atoms with Crippen molar-refractivity contribution in [3.05, 3.63) is 47.9 Å². The van der Waals surface area contributed by atoms with Gasteiger partial charge >= 0.3 is 6.01 Å². The Kier molecular flexibility index (Phi) is 4.48. The van der Waals surface area contributed by atoms with Crippen LogP contribution in [-0.4, -0.2) is 36.2 Å². The average Bonchev–Trinajstić information content (AvgIpc) is 3.03. The van der Waals surface area contributed by atoms with E-state index in [0.717, 1.165) is 25.1 Å². The molecule has 1 N–H and O–H groups in total. The summed E-state index contributed by atoms with van der Waals surface area (Å²) in [6.07, 6.45) is 2.13. The first-order valence-electron chi connectivity index (χ1n) is 7.37. The molecular weight excluding hydrogens is 283 g/mol. The molecule has 22 heavy (non-hydrogen) atoms. The van der Waals surface area contributed by atoms with Gasteiger partial charge in [0, 0.05) is 20.1 Å². The lowest BCUT2D eigenvalue weighted by atomic mass is 10.2. The van der Waals surface area contributed by atoms with Crippen molar-refractivity contribution in [2.45, 2.75) is 19.1 Å². The van der Waals surface area contributed by atoms with Crippen LogP contribution in [0.2, 0.25) is 0 Å². The number of benzene rings is 1. The molecule has 0 saturated carbocycles. The van der Waals surface area contributed by atoms with Gasteiger partial charge in [0.15, 0.2) is 11.6 Å². The second-order valence-electron chi connectivity index (χ2n) is 5.40. The third-order valence-corrected chi connectivity index (χ3v) is 3.61. The molecule has 1 fully saturated rings. The van der Waals surface area contributed by atoms with Crippen LogP contribution in [0.3, 0.4) is 0 Å². The number of anilines is 1. The van der Waals surface area contributed by atoms with Crippen molar-refractivity contribution in [1.29, 1.82) is 0 Å². The third-order valence-electron chi connectivity index (χ3n) is 3.61. The summed E-state index contributed by atoms with van der Waals surface area (Å²) in [5.41, 5.74) is 1.09. The predicted molar refractivity (Wildman–Crippen MR) is 82.4 cm³/mol. The van der Waals surface area contributed by atoms with E-state index in [4.69, 9.17) is 4.74 Å². The van der Waals surface area contributed by atoms with Gasteiger partial charge in [0.2, 0.25) is 0 Å². The number of aromatic nitrogens is 2. The van der Waals surface area contributed by atoms with Crippen LogP contribution >= 0.6 is 0 Å². The fourth-order valence-electron chi connectivity index (χ4n) is 2.48. The molecule has 2 aromatic rings. The van der Waals surface area contributed by atoms with E-state index in [-0.39, 0.29) is 17.9 Å². The molecule has 1 aliphatic rings. The minimum Gasteiger partial charge on any atom is -0.459 e. The number of nitrogens with one attached hydrogen (secondary N) is 1. The molecule has 1 aromatic carbocycles. The molecule has 1 atom stereocenters. The van der Waals surface area contributed by atoms with Gasteiger partial charge in [-0.15, -0.1) is 0 Å². The molecule has 116 valence electrons. The van der Waals surface area contributed by atoms with E-state index in [0.29, 0.717) is 6.54 Å². The van der Waals surface area contributed by atoms with Gasteiger partial charge in [-0.3, -0.25) is 0 Å². The third kappa shape index (κ3) is 3.51. The monoisotopic (exact) mass is 302 g/mol. The second kappa shape index (κ2) is 6.70. The van der Waals surface area contributed by atoms with Crippen LogP contribution in [0, 0.1) is 5.82 Å². The highest BCUT2D eigenvalue weighted by Gasteiger charge is 2.19. The summed E-state index contributed by atoms with van der Waals surface area (Å²) in [5.74, 6) is -0.199. The summed E-state index contributed by atoms with van der Waals surface area (Å²) in [7, 11) is 1.80. The quantitative estimate of drug-likeness (QED) is 0.915. The second-order valence-corrected chi connectivity index (χ2v) is 5.40. The largest absolute Gasteiger partial charge is 0.459 e. The molecule has 0 amide bonds. The number of rotatable bonds is 5. The zero-order valence-corrected chi connectivity index (χ0v) is 12.5. The Morgan fingerprint density at radius 3 is 2.91 bits per heavy atom. The Morgan fingerprint density at radius 2 is 2.18 bits per heavy atom. The smallest absolute Gasteiger partial charge is 0.318 e. The lowest BCUT2D eigenvalue weighted by Gasteiger charge is -2.19. The van der Waals surface area contributed by atoms with Crippen molar-refractivity contribution in [2.24, 2.45) is 0 Å². The van der Waals surface area contributed by atoms with Crippen molar-refractivity contribution < 1.29 is 9.13 Å². The lowest BCUT2D eigenvalue weighted by molar-refractivity contribution is 0.203. The van der Waals surface area contributed by atoms with Crippen LogP contribution in [0.5, 0.6) is 6.01 Å². The van der Waals surface area contributed by atoms with E-state index < -0.39 is 5.82 Å². The SMILES string of the molecule is CN(Cc1ccccc1)c1nc(OC2CCNC2)ncc1F. The van der Waals surface area contributed by atoms with E-state index in [1.54, 1.807) is 11.9 Å². The maximum absolute atomic E-state index is 14.0. The topological polar surface area (TPSA) is 50.3 Å². The fourth-order valence-corrected chi connectivity index (χ4v) is 2.48. The van der Waals surface area contributed by atoms with Gasteiger partial charge < -0.3 is 15.0 Å². The molecule has 1 aliphatic heterocycles. The first-order chi connectivity index (χ1) is 10.7. The average molecular weight is 302 g/mol.